The third-order valence-electron chi connectivity index (χ3n) is 1.42. The van der Waals surface area contributed by atoms with Crippen molar-refractivity contribution in [3.63, 3.8) is 0 Å². The van der Waals surface area contributed by atoms with Crippen LogP contribution < -0.4 is 5.84 Å². The van der Waals surface area contributed by atoms with Crippen LogP contribution in [0.25, 0.3) is 11.0 Å². The number of hydrogen-bond donors (Lipinski definition) is 1. The quantitative estimate of drug-likeness (QED) is 0.661. The van der Waals surface area contributed by atoms with Gasteiger partial charge in [-0.25, -0.2) is 0 Å². The molecule has 0 saturated carbocycles. The van der Waals surface area contributed by atoms with Crippen molar-refractivity contribution in [1.29, 1.82) is 0 Å². The molecule has 2 rings (SSSR count). The number of pyridine rings is 1. The molecule has 56 valence electrons. The molecule has 2 aromatic heterocycles. The van der Waals surface area contributed by atoms with Gasteiger partial charge in [-0.3, -0.25) is 4.98 Å². The number of aromatic nitrogens is 3. The minimum Gasteiger partial charge on any atom is -0.323 e. The number of halogens is 1. The molecule has 4 nitrogen and oxygen atoms in total. The Labute approximate surface area is 71.1 Å². The fraction of sp³-hybridized carbons (Fsp3) is 0. The average molecular weight is 213 g/mol. The van der Waals surface area contributed by atoms with Gasteiger partial charge >= 0.3 is 0 Å². The molecule has 0 aliphatic heterocycles. The Balaban J connectivity index is 2.87. The largest absolute Gasteiger partial charge is 0.323 e. The summed E-state index contributed by atoms with van der Waals surface area (Å²) >= 11 is 3.29. The molecule has 2 aromatic rings. The summed E-state index contributed by atoms with van der Waals surface area (Å²) < 4.78 is 0.900. The summed E-state index contributed by atoms with van der Waals surface area (Å²) in [5.41, 5.74) is 1.62. The van der Waals surface area contributed by atoms with Crippen LogP contribution in [0.4, 0.5) is 0 Å². The van der Waals surface area contributed by atoms with E-state index in [4.69, 9.17) is 5.84 Å². The van der Waals surface area contributed by atoms with E-state index in [1.807, 2.05) is 6.07 Å². The summed E-state index contributed by atoms with van der Waals surface area (Å²) in [6.45, 7) is 0. The normalized spacial score (nSPS) is 10.6. The van der Waals surface area contributed by atoms with Gasteiger partial charge in [0.25, 0.3) is 0 Å². The maximum absolute atomic E-state index is 5.49. The lowest BCUT2D eigenvalue weighted by Crippen LogP contribution is -2.08. The number of nitrogen functional groups attached to an aromatic ring is 1. The molecule has 2 heterocycles. The van der Waals surface area contributed by atoms with Crippen molar-refractivity contribution in [3.8, 4) is 0 Å². The molecule has 0 atom stereocenters. The lowest BCUT2D eigenvalue weighted by Gasteiger charge is -1.92. The summed E-state index contributed by atoms with van der Waals surface area (Å²) in [7, 11) is 0. The molecule has 0 aliphatic carbocycles. The molecule has 0 radical (unpaired) electrons. The molecule has 0 amide bonds. The van der Waals surface area contributed by atoms with Gasteiger partial charge in [-0.1, -0.05) is 0 Å². The Bertz CT molecular complexity index is 394. The fourth-order valence-electron chi connectivity index (χ4n) is 0.901. The van der Waals surface area contributed by atoms with E-state index >= 15 is 0 Å². The lowest BCUT2D eigenvalue weighted by molar-refractivity contribution is 0.862. The van der Waals surface area contributed by atoms with Crippen LogP contribution in [0.5, 0.6) is 0 Å². The minimum absolute atomic E-state index is 0.802. The third-order valence-corrected chi connectivity index (χ3v) is 1.85. The molecular formula is C6H5BrN4. The summed E-state index contributed by atoms with van der Waals surface area (Å²) in [6, 6.07) is 1.87. The van der Waals surface area contributed by atoms with Gasteiger partial charge in [0, 0.05) is 10.7 Å². The van der Waals surface area contributed by atoms with Gasteiger partial charge in [0.15, 0.2) is 0 Å². The van der Waals surface area contributed by atoms with Gasteiger partial charge in [0.1, 0.15) is 11.0 Å². The Kier molecular flexibility index (Phi) is 1.32. The Morgan fingerprint density at radius 3 is 3.09 bits per heavy atom. The first-order chi connectivity index (χ1) is 5.27. The van der Waals surface area contributed by atoms with Crippen LogP contribution in [0.1, 0.15) is 0 Å². The van der Waals surface area contributed by atoms with Gasteiger partial charge in [-0.15, -0.1) is 0 Å². The standard InChI is InChI=1S/C6H5BrN4/c7-4-1-6-5(9-2-4)3-10-11(6)8/h1-3H,8H2. The number of nitrogens with two attached hydrogens (primary N) is 1. The van der Waals surface area contributed by atoms with Crippen molar-refractivity contribution in [2.75, 3.05) is 5.84 Å². The minimum atomic E-state index is 0.802. The molecule has 0 unspecified atom stereocenters. The molecule has 0 bridgehead atoms. The summed E-state index contributed by atoms with van der Waals surface area (Å²) in [5.74, 6) is 5.49. The Hall–Kier alpha value is -1.10. The number of fused-ring (bicyclic) bond motifs is 1. The van der Waals surface area contributed by atoms with Crippen molar-refractivity contribution < 1.29 is 0 Å². The highest BCUT2D eigenvalue weighted by Gasteiger charge is 1.99. The van der Waals surface area contributed by atoms with E-state index in [1.54, 1.807) is 12.4 Å². The maximum atomic E-state index is 5.49. The second-order valence-electron chi connectivity index (χ2n) is 2.15. The Morgan fingerprint density at radius 1 is 1.45 bits per heavy atom. The van der Waals surface area contributed by atoms with Gasteiger partial charge < -0.3 is 5.84 Å². The van der Waals surface area contributed by atoms with Crippen LogP contribution in [0, 0.1) is 0 Å². The van der Waals surface area contributed by atoms with Gasteiger partial charge in [0.2, 0.25) is 0 Å². The van der Waals surface area contributed by atoms with Crippen molar-refractivity contribution in [2.24, 2.45) is 0 Å². The zero-order valence-corrected chi connectivity index (χ0v) is 7.12. The van der Waals surface area contributed by atoms with Gasteiger partial charge in [-0.05, 0) is 22.0 Å². The third kappa shape index (κ3) is 0.970. The highest BCUT2D eigenvalue weighted by atomic mass is 79.9. The van der Waals surface area contributed by atoms with E-state index in [0.29, 0.717) is 0 Å². The second kappa shape index (κ2) is 2.20. The highest BCUT2D eigenvalue weighted by Crippen LogP contribution is 2.14. The van der Waals surface area contributed by atoms with Crippen molar-refractivity contribution in [1.82, 2.24) is 14.9 Å². The summed E-state index contributed by atoms with van der Waals surface area (Å²) in [4.78, 5) is 5.39. The van der Waals surface area contributed by atoms with Crippen molar-refractivity contribution in [2.45, 2.75) is 0 Å². The first kappa shape index (κ1) is 6.60. The van der Waals surface area contributed by atoms with Crippen molar-refractivity contribution in [3.05, 3.63) is 22.9 Å². The SMILES string of the molecule is Nn1ncc2ncc(Br)cc21. The Morgan fingerprint density at radius 2 is 2.27 bits per heavy atom. The van der Waals surface area contributed by atoms with E-state index in [9.17, 15) is 0 Å². The smallest absolute Gasteiger partial charge is 0.111 e. The maximum Gasteiger partial charge on any atom is 0.111 e. The van der Waals surface area contributed by atoms with Crippen LogP contribution in [0.2, 0.25) is 0 Å². The number of rotatable bonds is 0. The predicted molar refractivity (Wildman–Crippen MR) is 45.4 cm³/mol. The van der Waals surface area contributed by atoms with Gasteiger partial charge in [-0.2, -0.15) is 9.89 Å². The van der Waals surface area contributed by atoms with E-state index in [1.165, 1.54) is 4.79 Å². The predicted octanol–water partition coefficient (Wildman–Crippen LogP) is 0.908. The monoisotopic (exact) mass is 212 g/mol. The van der Waals surface area contributed by atoms with E-state index < -0.39 is 0 Å². The van der Waals surface area contributed by atoms with Crippen LogP contribution >= 0.6 is 15.9 Å². The van der Waals surface area contributed by atoms with E-state index in [2.05, 4.69) is 26.0 Å². The first-order valence-electron chi connectivity index (χ1n) is 3.02. The number of nitrogens with zero attached hydrogens (tertiary/aromatic N) is 3. The topological polar surface area (TPSA) is 56.7 Å². The summed E-state index contributed by atoms with van der Waals surface area (Å²) in [5, 5.41) is 3.85. The van der Waals surface area contributed by atoms with Gasteiger partial charge in [0.05, 0.1) is 6.20 Å². The number of hydrogen-bond acceptors (Lipinski definition) is 3. The van der Waals surface area contributed by atoms with E-state index in [-0.39, 0.29) is 0 Å². The fourth-order valence-corrected chi connectivity index (χ4v) is 1.22. The highest BCUT2D eigenvalue weighted by molar-refractivity contribution is 9.10. The van der Waals surface area contributed by atoms with Crippen molar-refractivity contribution >= 4 is 27.0 Å². The molecule has 0 spiro atoms. The van der Waals surface area contributed by atoms with Crippen LogP contribution in [0.3, 0.4) is 0 Å². The molecule has 0 aliphatic rings. The molecule has 0 fully saturated rings. The molecule has 0 aromatic carbocycles. The van der Waals surface area contributed by atoms with Crippen LogP contribution in [-0.2, 0) is 0 Å². The summed E-state index contributed by atoms with van der Waals surface area (Å²) in [6.07, 6.45) is 3.34. The molecule has 0 saturated heterocycles. The molecular weight excluding hydrogens is 208 g/mol. The lowest BCUT2D eigenvalue weighted by atomic mass is 10.4. The van der Waals surface area contributed by atoms with Crippen LogP contribution in [0.15, 0.2) is 22.9 Å². The zero-order chi connectivity index (χ0) is 7.84. The average Bonchev–Trinajstić information content (AvgIpc) is 2.33. The van der Waals surface area contributed by atoms with E-state index in [0.717, 1.165) is 15.5 Å². The zero-order valence-electron chi connectivity index (χ0n) is 5.53. The van der Waals surface area contributed by atoms with Crippen LogP contribution in [-0.4, -0.2) is 14.9 Å². The molecule has 2 N–H and O–H groups in total. The second-order valence-corrected chi connectivity index (χ2v) is 3.06. The first-order valence-corrected chi connectivity index (χ1v) is 3.81. The molecule has 5 heteroatoms. The molecule has 11 heavy (non-hydrogen) atoms.